The molecular formula is C24H33N3O4S2. The van der Waals surface area contributed by atoms with Crippen LogP contribution in [0.3, 0.4) is 0 Å². The number of carbonyl (C=O) groups excluding carboxylic acids is 3. The molecule has 3 saturated heterocycles. The van der Waals surface area contributed by atoms with Crippen molar-refractivity contribution in [2.75, 3.05) is 57.9 Å². The first-order valence-corrected chi connectivity index (χ1v) is 13.8. The minimum absolute atomic E-state index is 0.0144. The van der Waals surface area contributed by atoms with Gasteiger partial charge in [-0.3, -0.25) is 14.4 Å². The Hall–Kier alpha value is -1.87. The first-order valence-electron chi connectivity index (χ1n) is 11.7. The van der Waals surface area contributed by atoms with E-state index < -0.39 is 0 Å². The Kier molecular flexibility index (Phi) is 8.11. The maximum absolute atomic E-state index is 13.2. The molecule has 1 atom stereocenters. The van der Waals surface area contributed by atoms with E-state index in [1.54, 1.807) is 36.7 Å². The van der Waals surface area contributed by atoms with Crippen LogP contribution in [0.4, 0.5) is 0 Å². The van der Waals surface area contributed by atoms with Gasteiger partial charge in [-0.05, 0) is 61.5 Å². The summed E-state index contributed by atoms with van der Waals surface area (Å²) < 4.78 is 5.31. The average molecular weight is 492 g/mol. The molecule has 0 aromatic heterocycles. The maximum atomic E-state index is 13.2. The zero-order valence-electron chi connectivity index (χ0n) is 19.5. The van der Waals surface area contributed by atoms with Gasteiger partial charge in [-0.2, -0.15) is 0 Å². The van der Waals surface area contributed by atoms with Crippen LogP contribution in [0.1, 0.15) is 35.2 Å². The van der Waals surface area contributed by atoms with Gasteiger partial charge in [0.25, 0.3) is 5.91 Å². The summed E-state index contributed by atoms with van der Waals surface area (Å²) in [5.74, 6) is 2.98. The molecule has 7 nitrogen and oxygen atoms in total. The lowest BCUT2D eigenvalue weighted by atomic mass is 9.95. The standard InChI is InChI=1S/C24H33N3O4S2/c1-17-15-18(6-7-20(17)31-2)21(28)27-8-3-5-19(16-27)22(29)25-9-11-26(12-10-25)23(30)24-32-13-4-14-33-24/h6-7,15,19,24H,3-5,8-14,16H2,1-2H3. The van der Waals surface area contributed by atoms with Crippen LogP contribution < -0.4 is 4.74 Å². The maximum Gasteiger partial charge on any atom is 0.253 e. The first-order chi connectivity index (χ1) is 16.0. The second-order valence-corrected chi connectivity index (χ2v) is 11.6. The van der Waals surface area contributed by atoms with Crippen LogP contribution in [0.2, 0.25) is 0 Å². The molecule has 1 unspecified atom stereocenters. The van der Waals surface area contributed by atoms with Crippen molar-refractivity contribution >= 4 is 41.2 Å². The third-order valence-electron chi connectivity index (χ3n) is 6.63. The monoisotopic (exact) mass is 491 g/mol. The number of methoxy groups -OCH3 is 1. The topological polar surface area (TPSA) is 70.2 Å². The number of ether oxygens (including phenoxy) is 1. The Labute approximate surface area is 204 Å². The first kappa shape index (κ1) is 24.3. The lowest BCUT2D eigenvalue weighted by Gasteiger charge is -2.40. The third-order valence-corrected chi connectivity index (χ3v) is 9.51. The number of nitrogens with zero attached hydrogens (tertiary/aromatic N) is 3. The predicted molar refractivity (Wildman–Crippen MR) is 133 cm³/mol. The second kappa shape index (κ2) is 11.0. The Morgan fingerprint density at radius 3 is 2.21 bits per heavy atom. The third kappa shape index (κ3) is 5.62. The van der Waals surface area contributed by atoms with Crippen LogP contribution >= 0.6 is 23.5 Å². The molecule has 0 radical (unpaired) electrons. The highest BCUT2D eigenvalue weighted by atomic mass is 32.2. The number of piperidine rings is 1. The lowest BCUT2D eigenvalue weighted by molar-refractivity contribution is -0.142. The van der Waals surface area contributed by atoms with E-state index in [0.29, 0.717) is 44.8 Å². The van der Waals surface area contributed by atoms with Gasteiger partial charge < -0.3 is 19.4 Å². The van der Waals surface area contributed by atoms with E-state index in [2.05, 4.69) is 0 Å². The molecule has 3 amide bonds. The van der Waals surface area contributed by atoms with Gasteiger partial charge in [-0.1, -0.05) is 0 Å². The Morgan fingerprint density at radius 2 is 1.58 bits per heavy atom. The second-order valence-electron chi connectivity index (χ2n) is 8.85. The van der Waals surface area contributed by atoms with E-state index in [1.807, 2.05) is 33.8 Å². The van der Waals surface area contributed by atoms with E-state index in [4.69, 9.17) is 4.74 Å². The van der Waals surface area contributed by atoms with Gasteiger partial charge >= 0.3 is 0 Å². The van der Waals surface area contributed by atoms with Gasteiger partial charge in [0.2, 0.25) is 11.8 Å². The van der Waals surface area contributed by atoms with Crippen LogP contribution in [-0.2, 0) is 9.59 Å². The highest BCUT2D eigenvalue weighted by Crippen LogP contribution is 2.32. The zero-order chi connectivity index (χ0) is 23.4. The fraction of sp³-hybridized carbons (Fsp3) is 0.625. The van der Waals surface area contributed by atoms with Gasteiger partial charge in [0.15, 0.2) is 0 Å². The van der Waals surface area contributed by atoms with Crippen molar-refractivity contribution in [1.29, 1.82) is 0 Å². The number of amides is 3. The molecule has 4 rings (SSSR count). The molecule has 0 spiro atoms. The lowest BCUT2D eigenvalue weighted by Crippen LogP contribution is -2.55. The minimum Gasteiger partial charge on any atom is -0.496 e. The summed E-state index contributed by atoms with van der Waals surface area (Å²) in [7, 11) is 1.62. The van der Waals surface area contributed by atoms with Gasteiger partial charge in [0.1, 0.15) is 10.3 Å². The van der Waals surface area contributed by atoms with Crippen molar-refractivity contribution in [1.82, 2.24) is 14.7 Å². The Bertz CT molecular complexity index is 882. The highest BCUT2D eigenvalue weighted by molar-refractivity contribution is 8.18. The van der Waals surface area contributed by atoms with Crippen molar-refractivity contribution in [2.24, 2.45) is 5.92 Å². The number of rotatable bonds is 4. The smallest absolute Gasteiger partial charge is 0.253 e. The van der Waals surface area contributed by atoms with Crippen molar-refractivity contribution in [3.63, 3.8) is 0 Å². The molecule has 1 aromatic carbocycles. The van der Waals surface area contributed by atoms with E-state index in [1.165, 1.54) is 6.42 Å². The number of carbonyl (C=O) groups is 3. The van der Waals surface area contributed by atoms with Crippen molar-refractivity contribution in [3.05, 3.63) is 29.3 Å². The molecule has 9 heteroatoms. The zero-order valence-corrected chi connectivity index (χ0v) is 21.1. The van der Waals surface area contributed by atoms with Gasteiger partial charge in [0, 0.05) is 44.8 Å². The molecule has 3 aliphatic rings. The molecule has 3 fully saturated rings. The van der Waals surface area contributed by atoms with E-state index in [0.717, 1.165) is 35.7 Å². The molecule has 3 heterocycles. The molecule has 0 saturated carbocycles. The van der Waals surface area contributed by atoms with Gasteiger partial charge in [-0.15, -0.1) is 23.5 Å². The van der Waals surface area contributed by atoms with E-state index in [9.17, 15) is 14.4 Å². The summed E-state index contributed by atoms with van der Waals surface area (Å²) in [5.41, 5.74) is 1.55. The van der Waals surface area contributed by atoms with Crippen LogP contribution in [0.15, 0.2) is 18.2 Å². The number of aryl methyl sites for hydroxylation is 1. The summed E-state index contributed by atoms with van der Waals surface area (Å²) in [6.45, 7) is 5.41. The molecule has 33 heavy (non-hydrogen) atoms. The number of hydrogen-bond donors (Lipinski definition) is 0. The highest BCUT2D eigenvalue weighted by Gasteiger charge is 2.35. The van der Waals surface area contributed by atoms with Crippen LogP contribution in [-0.4, -0.2) is 94.9 Å². The summed E-state index contributed by atoms with van der Waals surface area (Å²) in [4.78, 5) is 44.7. The summed E-state index contributed by atoms with van der Waals surface area (Å²) in [6, 6.07) is 5.46. The van der Waals surface area contributed by atoms with Crippen LogP contribution in [0, 0.1) is 12.8 Å². The SMILES string of the molecule is COc1ccc(C(=O)N2CCCC(C(=O)N3CCN(C(=O)C4SCCCS4)CC3)C2)cc1C. The van der Waals surface area contributed by atoms with Gasteiger partial charge in [-0.25, -0.2) is 0 Å². The molecule has 1 aromatic rings. The van der Waals surface area contributed by atoms with Crippen LogP contribution in [0.25, 0.3) is 0 Å². The fourth-order valence-corrected chi connectivity index (χ4v) is 7.52. The molecule has 180 valence electrons. The van der Waals surface area contributed by atoms with Crippen molar-refractivity contribution in [3.8, 4) is 5.75 Å². The number of likely N-dealkylation sites (tertiary alicyclic amines) is 1. The largest absolute Gasteiger partial charge is 0.496 e. The normalized spacial score (nSPS) is 22.2. The number of hydrogen-bond acceptors (Lipinski definition) is 6. The van der Waals surface area contributed by atoms with Gasteiger partial charge in [0.05, 0.1) is 13.0 Å². The van der Waals surface area contributed by atoms with E-state index in [-0.39, 0.29) is 28.2 Å². The quantitative estimate of drug-likeness (QED) is 0.645. The number of piperazine rings is 1. The Balaban J connectivity index is 1.31. The summed E-state index contributed by atoms with van der Waals surface area (Å²) in [6.07, 6.45) is 2.80. The summed E-state index contributed by atoms with van der Waals surface area (Å²) >= 11 is 3.49. The number of benzene rings is 1. The minimum atomic E-state index is -0.172. The summed E-state index contributed by atoms with van der Waals surface area (Å²) in [5, 5.41) is 0. The van der Waals surface area contributed by atoms with Crippen LogP contribution in [0.5, 0.6) is 5.75 Å². The van der Waals surface area contributed by atoms with Crippen molar-refractivity contribution < 1.29 is 19.1 Å². The predicted octanol–water partition coefficient (Wildman–Crippen LogP) is 2.72. The molecule has 3 aliphatic heterocycles. The van der Waals surface area contributed by atoms with Crippen molar-refractivity contribution in [2.45, 2.75) is 30.8 Å². The van der Waals surface area contributed by atoms with E-state index >= 15 is 0 Å². The number of thioether (sulfide) groups is 2. The molecule has 0 aliphatic carbocycles. The Morgan fingerprint density at radius 1 is 0.909 bits per heavy atom. The molecule has 0 bridgehead atoms. The molecule has 0 N–H and O–H groups in total. The average Bonchev–Trinajstić information content (AvgIpc) is 2.88. The molecular weight excluding hydrogens is 458 g/mol. The fourth-order valence-electron chi connectivity index (χ4n) is 4.74.